The highest BCUT2D eigenvalue weighted by molar-refractivity contribution is 7.17. The first-order valence-corrected chi connectivity index (χ1v) is 6.56. The van der Waals surface area contributed by atoms with E-state index in [2.05, 4.69) is 11.2 Å². The molecule has 0 radical (unpaired) electrons. The highest BCUT2D eigenvalue weighted by Gasteiger charge is 2.26. The van der Waals surface area contributed by atoms with Crippen LogP contribution < -0.4 is 5.32 Å². The van der Waals surface area contributed by atoms with Crippen LogP contribution in [0.3, 0.4) is 0 Å². The second kappa shape index (κ2) is 5.23. The predicted octanol–water partition coefficient (Wildman–Crippen LogP) is 2.29. The lowest BCUT2D eigenvalue weighted by Crippen LogP contribution is -2.13. The normalized spacial score (nSPS) is 12.8. The second-order valence-corrected chi connectivity index (χ2v) is 5.22. The van der Waals surface area contributed by atoms with Crippen LogP contribution in [0.15, 0.2) is 0 Å². The predicted molar refractivity (Wildman–Crippen MR) is 70.0 cm³/mol. The number of rotatable bonds is 4. The van der Waals surface area contributed by atoms with E-state index in [1.165, 1.54) is 11.3 Å². The maximum absolute atomic E-state index is 11.6. The fourth-order valence-electron chi connectivity index (χ4n) is 2.09. The van der Waals surface area contributed by atoms with Gasteiger partial charge >= 0.3 is 5.97 Å². The molecule has 1 aliphatic carbocycles. The number of terminal acetylenes is 1. The summed E-state index contributed by atoms with van der Waals surface area (Å²) in [7, 11) is 0. The van der Waals surface area contributed by atoms with E-state index in [1.807, 2.05) is 0 Å². The number of aryl methyl sites for hydroxylation is 1. The number of anilines is 1. The Morgan fingerprint density at radius 1 is 1.44 bits per heavy atom. The van der Waals surface area contributed by atoms with Crippen molar-refractivity contribution in [2.24, 2.45) is 0 Å². The van der Waals surface area contributed by atoms with Gasteiger partial charge < -0.3 is 10.4 Å². The summed E-state index contributed by atoms with van der Waals surface area (Å²) in [4.78, 5) is 23.9. The molecule has 18 heavy (non-hydrogen) atoms. The number of thiophene rings is 1. The van der Waals surface area contributed by atoms with Crippen molar-refractivity contribution in [2.75, 3.05) is 5.32 Å². The van der Waals surface area contributed by atoms with Crippen LogP contribution in [-0.4, -0.2) is 17.0 Å². The Balaban J connectivity index is 2.21. The van der Waals surface area contributed by atoms with Gasteiger partial charge in [0.05, 0.1) is 5.56 Å². The SMILES string of the molecule is C#CCCC(=O)Nc1sc2c(c1C(=O)O)CCC2. The Kier molecular flexibility index (Phi) is 3.68. The highest BCUT2D eigenvalue weighted by atomic mass is 32.1. The van der Waals surface area contributed by atoms with Crippen molar-refractivity contribution in [3.8, 4) is 12.3 Å². The molecule has 0 aliphatic heterocycles. The molecule has 1 aromatic heterocycles. The van der Waals surface area contributed by atoms with E-state index in [0.717, 1.165) is 29.7 Å². The van der Waals surface area contributed by atoms with E-state index in [9.17, 15) is 14.7 Å². The number of nitrogens with one attached hydrogen (secondary N) is 1. The Labute approximate surface area is 109 Å². The molecule has 1 aromatic rings. The molecule has 94 valence electrons. The number of carboxylic acids is 1. The maximum atomic E-state index is 11.6. The molecule has 0 saturated heterocycles. The van der Waals surface area contributed by atoms with Crippen molar-refractivity contribution in [1.82, 2.24) is 0 Å². The van der Waals surface area contributed by atoms with Gasteiger partial charge in [-0.15, -0.1) is 23.7 Å². The van der Waals surface area contributed by atoms with Gasteiger partial charge in [-0.3, -0.25) is 4.79 Å². The number of amides is 1. The second-order valence-electron chi connectivity index (χ2n) is 4.12. The molecule has 1 aliphatic rings. The number of carboxylic acid groups (broad SMARTS) is 1. The Hall–Kier alpha value is -1.80. The maximum Gasteiger partial charge on any atom is 0.339 e. The standard InChI is InChI=1S/C13H13NO3S/c1-2-3-7-10(15)14-12-11(13(16)17)8-5-4-6-9(8)18-12/h1H,3-7H2,(H,14,15)(H,16,17). The van der Waals surface area contributed by atoms with Crippen molar-refractivity contribution < 1.29 is 14.7 Å². The van der Waals surface area contributed by atoms with Gasteiger partial charge in [0.2, 0.25) is 5.91 Å². The van der Waals surface area contributed by atoms with Crippen LogP contribution in [0, 0.1) is 12.3 Å². The topological polar surface area (TPSA) is 66.4 Å². The fourth-order valence-corrected chi connectivity index (χ4v) is 3.39. The molecule has 4 nitrogen and oxygen atoms in total. The lowest BCUT2D eigenvalue weighted by atomic mass is 10.1. The summed E-state index contributed by atoms with van der Waals surface area (Å²) < 4.78 is 0. The van der Waals surface area contributed by atoms with E-state index >= 15 is 0 Å². The molecule has 0 atom stereocenters. The molecule has 0 saturated carbocycles. The molecule has 0 bridgehead atoms. The summed E-state index contributed by atoms with van der Waals surface area (Å²) >= 11 is 1.37. The van der Waals surface area contributed by atoms with Crippen molar-refractivity contribution in [1.29, 1.82) is 0 Å². The number of hydrogen-bond acceptors (Lipinski definition) is 3. The van der Waals surface area contributed by atoms with Crippen molar-refractivity contribution in [2.45, 2.75) is 32.1 Å². The summed E-state index contributed by atoms with van der Waals surface area (Å²) in [6, 6.07) is 0. The average molecular weight is 263 g/mol. The zero-order valence-electron chi connectivity index (χ0n) is 9.78. The van der Waals surface area contributed by atoms with Crippen LogP contribution in [0.4, 0.5) is 5.00 Å². The summed E-state index contributed by atoms with van der Waals surface area (Å²) in [5.41, 5.74) is 1.15. The zero-order chi connectivity index (χ0) is 13.1. The zero-order valence-corrected chi connectivity index (χ0v) is 10.6. The van der Waals surface area contributed by atoms with E-state index < -0.39 is 5.97 Å². The first-order valence-electron chi connectivity index (χ1n) is 5.74. The van der Waals surface area contributed by atoms with Crippen molar-refractivity contribution in [3.63, 3.8) is 0 Å². The van der Waals surface area contributed by atoms with Gasteiger partial charge in [0.15, 0.2) is 0 Å². The van der Waals surface area contributed by atoms with Gasteiger partial charge in [-0.25, -0.2) is 4.79 Å². The molecule has 1 amide bonds. The summed E-state index contributed by atoms with van der Waals surface area (Å²) in [6.07, 6.45) is 8.35. The highest BCUT2D eigenvalue weighted by Crippen LogP contribution is 2.39. The lowest BCUT2D eigenvalue weighted by molar-refractivity contribution is -0.116. The Morgan fingerprint density at radius 3 is 2.89 bits per heavy atom. The minimum Gasteiger partial charge on any atom is -0.478 e. The van der Waals surface area contributed by atoms with Crippen LogP contribution in [-0.2, 0) is 17.6 Å². The number of hydrogen-bond donors (Lipinski definition) is 2. The van der Waals surface area contributed by atoms with E-state index in [0.29, 0.717) is 11.4 Å². The first kappa shape index (κ1) is 12.7. The number of carbonyl (C=O) groups is 2. The average Bonchev–Trinajstić information content (AvgIpc) is 2.85. The molecule has 1 heterocycles. The summed E-state index contributed by atoms with van der Waals surface area (Å²) in [5, 5.41) is 12.3. The summed E-state index contributed by atoms with van der Waals surface area (Å²) in [6.45, 7) is 0. The van der Waals surface area contributed by atoms with Gasteiger partial charge in [0, 0.05) is 17.7 Å². The van der Waals surface area contributed by atoms with Crippen LogP contribution in [0.5, 0.6) is 0 Å². The number of carbonyl (C=O) groups excluding carboxylic acids is 1. The van der Waals surface area contributed by atoms with Gasteiger partial charge in [-0.05, 0) is 24.8 Å². The van der Waals surface area contributed by atoms with Crippen molar-refractivity contribution in [3.05, 3.63) is 16.0 Å². The van der Waals surface area contributed by atoms with Crippen LogP contribution >= 0.6 is 11.3 Å². The minimum atomic E-state index is -0.971. The lowest BCUT2D eigenvalue weighted by Gasteiger charge is -2.04. The smallest absolute Gasteiger partial charge is 0.339 e. The third kappa shape index (κ3) is 2.39. The number of aromatic carboxylic acids is 1. The Bertz CT molecular complexity index is 539. The van der Waals surface area contributed by atoms with Gasteiger partial charge in [-0.2, -0.15) is 0 Å². The molecule has 0 fully saturated rings. The quantitative estimate of drug-likeness (QED) is 0.819. The van der Waals surface area contributed by atoms with Crippen LogP contribution in [0.25, 0.3) is 0 Å². The number of fused-ring (bicyclic) bond motifs is 1. The Morgan fingerprint density at radius 2 is 2.22 bits per heavy atom. The van der Waals surface area contributed by atoms with Crippen LogP contribution in [0.2, 0.25) is 0 Å². The largest absolute Gasteiger partial charge is 0.478 e. The monoisotopic (exact) mass is 263 g/mol. The molecule has 2 rings (SSSR count). The van der Waals surface area contributed by atoms with Gasteiger partial charge in [-0.1, -0.05) is 0 Å². The molecular formula is C13H13NO3S. The van der Waals surface area contributed by atoms with Gasteiger partial charge in [0.1, 0.15) is 5.00 Å². The molecule has 0 spiro atoms. The fraction of sp³-hybridized carbons (Fsp3) is 0.385. The van der Waals surface area contributed by atoms with E-state index in [4.69, 9.17) is 6.42 Å². The minimum absolute atomic E-state index is 0.220. The van der Waals surface area contributed by atoms with Crippen LogP contribution in [0.1, 0.15) is 40.1 Å². The van der Waals surface area contributed by atoms with Crippen molar-refractivity contribution >= 4 is 28.2 Å². The molecule has 5 heteroatoms. The van der Waals surface area contributed by atoms with Gasteiger partial charge in [0.25, 0.3) is 0 Å². The third-order valence-electron chi connectivity index (χ3n) is 2.88. The van der Waals surface area contributed by atoms with E-state index in [-0.39, 0.29) is 17.9 Å². The molecule has 2 N–H and O–H groups in total. The molecule has 0 aromatic carbocycles. The first-order chi connectivity index (χ1) is 8.63. The molecule has 0 unspecified atom stereocenters. The summed E-state index contributed by atoms with van der Waals surface area (Å²) in [5.74, 6) is 1.19. The third-order valence-corrected chi connectivity index (χ3v) is 4.09. The molecular weight excluding hydrogens is 250 g/mol. The van der Waals surface area contributed by atoms with E-state index in [1.54, 1.807) is 0 Å².